The van der Waals surface area contributed by atoms with Crippen molar-refractivity contribution in [1.82, 2.24) is 0 Å². The zero-order valence-corrected chi connectivity index (χ0v) is 14.5. The van der Waals surface area contributed by atoms with Crippen LogP contribution in [0.4, 0.5) is 0 Å². The summed E-state index contributed by atoms with van der Waals surface area (Å²) in [6, 6.07) is 3.71. The molecule has 0 bridgehead atoms. The summed E-state index contributed by atoms with van der Waals surface area (Å²) < 4.78 is 27.5. The topological polar surface area (TPSA) is 67.1 Å². The number of ether oxygens (including phenoxy) is 4. The van der Waals surface area contributed by atoms with Crippen molar-refractivity contribution < 1.29 is 23.4 Å². The van der Waals surface area contributed by atoms with Gasteiger partial charge >= 0.3 is 5.63 Å². The lowest BCUT2D eigenvalue weighted by Crippen LogP contribution is -2.12. The average Bonchev–Trinajstić information content (AvgIpc) is 2.64. The largest absolute Gasteiger partial charge is 0.497 e. The zero-order valence-electron chi connectivity index (χ0n) is 14.5. The molecule has 3 aromatic rings. The van der Waals surface area contributed by atoms with Gasteiger partial charge in [-0.15, -0.1) is 0 Å². The fourth-order valence-electron chi connectivity index (χ4n) is 3.77. The van der Waals surface area contributed by atoms with Crippen molar-refractivity contribution in [3.05, 3.63) is 33.7 Å². The summed E-state index contributed by atoms with van der Waals surface area (Å²) in [4.78, 5) is 12.7. The van der Waals surface area contributed by atoms with Gasteiger partial charge in [-0.2, -0.15) is 0 Å². The highest BCUT2D eigenvalue weighted by molar-refractivity contribution is 6.13. The van der Waals surface area contributed by atoms with Crippen molar-refractivity contribution in [3.8, 4) is 23.0 Å². The lowest BCUT2D eigenvalue weighted by molar-refractivity contribution is 0.324. The van der Waals surface area contributed by atoms with E-state index in [4.69, 9.17) is 23.4 Å². The van der Waals surface area contributed by atoms with E-state index < -0.39 is 5.63 Å². The first-order chi connectivity index (χ1) is 12.1. The lowest BCUT2D eigenvalue weighted by atomic mass is 9.87. The Morgan fingerprint density at radius 2 is 1.52 bits per heavy atom. The molecule has 1 heterocycles. The number of methoxy groups -OCH3 is 4. The second kappa shape index (κ2) is 5.58. The summed E-state index contributed by atoms with van der Waals surface area (Å²) >= 11 is 0. The summed E-state index contributed by atoms with van der Waals surface area (Å²) in [6.45, 7) is 0. The molecule has 0 N–H and O–H groups in total. The Morgan fingerprint density at radius 1 is 0.800 bits per heavy atom. The maximum Gasteiger partial charge on any atom is 0.348 e. The number of benzene rings is 2. The fraction of sp³-hybridized carbons (Fsp3) is 0.316. The smallest absolute Gasteiger partial charge is 0.348 e. The monoisotopic (exact) mass is 342 g/mol. The van der Waals surface area contributed by atoms with E-state index in [1.165, 1.54) is 14.2 Å². The van der Waals surface area contributed by atoms with Gasteiger partial charge in [-0.3, -0.25) is 0 Å². The third-order valence-corrected chi connectivity index (χ3v) is 4.77. The molecule has 1 aromatic heterocycles. The van der Waals surface area contributed by atoms with Gasteiger partial charge in [0.05, 0.1) is 28.4 Å². The molecule has 1 aliphatic carbocycles. The molecule has 0 saturated heterocycles. The molecule has 0 radical (unpaired) electrons. The van der Waals surface area contributed by atoms with Crippen molar-refractivity contribution in [2.45, 2.75) is 12.8 Å². The van der Waals surface area contributed by atoms with Crippen LogP contribution in [0.5, 0.6) is 23.0 Å². The molecule has 130 valence electrons. The Morgan fingerprint density at radius 3 is 2.16 bits per heavy atom. The summed E-state index contributed by atoms with van der Waals surface area (Å²) in [5.41, 5.74) is 2.04. The predicted octanol–water partition coefficient (Wildman–Crippen LogP) is 3.08. The molecular weight excluding hydrogens is 324 g/mol. The molecule has 1 aliphatic rings. The summed E-state index contributed by atoms with van der Waals surface area (Å²) in [5.74, 6) is 2.01. The molecule has 0 spiro atoms. The second-order valence-electron chi connectivity index (χ2n) is 5.88. The minimum Gasteiger partial charge on any atom is -0.497 e. The number of rotatable bonds is 4. The number of hydrogen-bond donors (Lipinski definition) is 0. The van der Waals surface area contributed by atoms with E-state index in [0.717, 1.165) is 34.7 Å². The third-order valence-electron chi connectivity index (χ3n) is 4.77. The summed E-state index contributed by atoms with van der Waals surface area (Å²) in [7, 11) is 6.21. The molecule has 6 nitrogen and oxygen atoms in total. The maximum absolute atomic E-state index is 12.7. The molecule has 2 aromatic carbocycles. The van der Waals surface area contributed by atoms with Crippen molar-refractivity contribution in [2.24, 2.45) is 0 Å². The van der Waals surface area contributed by atoms with Crippen LogP contribution in [0.3, 0.4) is 0 Å². The highest BCUT2D eigenvalue weighted by atomic mass is 16.5. The molecular formula is C19H18O6. The van der Waals surface area contributed by atoms with Gasteiger partial charge < -0.3 is 23.4 Å². The Balaban J connectivity index is 2.32. The van der Waals surface area contributed by atoms with E-state index in [1.807, 2.05) is 6.07 Å². The molecule has 0 amide bonds. The van der Waals surface area contributed by atoms with Gasteiger partial charge in [0.2, 0.25) is 5.75 Å². The van der Waals surface area contributed by atoms with Crippen LogP contribution in [-0.2, 0) is 12.8 Å². The fourth-order valence-corrected chi connectivity index (χ4v) is 3.77. The molecule has 0 fully saturated rings. The highest BCUT2D eigenvalue weighted by Crippen LogP contribution is 2.50. The van der Waals surface area contributed by atoms with Crippen LogP contribution < -0.4 is 24.6 Å². The highest BCUT2D eigenvalue weighted by Gasteiger charge is 2.29. The van der Waals surface area contributed by atoms with Crippen LogP contribution >= 0.6 is 0 Å². The molecule has 4 rings (SSSR count). The molecule has 25 heavy (non-hydrogen) atoms. The first kappa shape index (κ1) is 15.6. The summed E-state index contributed by atoms with van der Waals surface area (Å²) in [5, 5.41) is 2.09. The van der Waals surface area contributed by atoms with Crippen LogP contribution in [0, 0.1) is 0 Å². The minimum absolute atomic E-state index is 0.331. The second-order valence-corrected chi connectivity index (χ2v) is 5.88. The lowest BCUT2D eigenvalue weighted by Gasteiger charge is -2.23. The SMILES string of the molecule is COc1cc2c3c(c1)oc(=O)c1c(OC)c(OC)c(OC)c(c13)CC2. The first-order valence-corrected chi connectivity index (χ1v) is 7.92. The Labute approximate surface area is 143 Å². The number of aryl methyl sites for hydroxylation is 2. The van der Waals surface area contributed by atoms with E-state index in [9.17, 15) is 4.79 Å². The van der Waals surface area contributed by atoms with Gasteiger partial charge in [0.25, 0.3) is 0 Å². The van der Waals surface area contributed by atoms with Crippen molar-refractivity contribution in [1.29, 1.82) is 0 Å². The molecule has 0 unspecified atom stereocenters. The average molecular weight is 342 g/mol. The van der Waals surface area contributed by atoms with E-state index in [-0.39, 0.29) is 0 Å². The maximum atomic E-state index is 12.7. The Hall–Kier alpha value is -2.89. The van der Waals surface area contributed by atoms with Crippen molar-refractivity contribution >= 4 is 21.7 Å². The molecule has 0 saturated carbocycles. The van der Waals surface area contributed by atoms with Crippen molar-refractivity contribution in [2.75, 3.05) is 28.4 Å². The van der Waals surface area contributed by atoms with E-state index in [2.05, 4.69) is 0 Å². The van der Waals surface area contributed by atoms with Crippen LogP contribution in [-0.4, -0.2) is 28.4 Å². The Bertz CT molecular complexity index is 1060. The van der Waals surface area contributed by atoms with E-state index in [1.54, 1.807) is 20.3 Å². The van der Waals surface area contributed by atoms with Crippen molar-refractivity contribution in [3.63, 3.8) is 0 Å². The quantitative estimate of drug-likeness (QED) is 0.536. The van der Waals surface area contributed by atoms with Gasteiger partial charge in [0.1, 0.15) is 16.7 Å². The normalized spacial score (nSPS) is 12.6. The van der Waals surface area contributed by atoms with Gasteiger partial charge in [-0.05, 0) is 24.5 Å². The standard InChI is InChI=1S/C19H18O6/c1-21-10-7-9-5-6-11-14-13(9)12(8-10)25-19(20)15(14)17(23-3)18(24-4)16(11)22-2/h7-8H,5-6H2,1-4H3. The van der Waals surface area contributed by atoms with Crippen LogP contribution in [0.2, 0.25) is 0 Å². The van der Waals surface area contributed by atoms with Gasteiger partial charge in [0.15, 0.2) is 11.5 Å². The minimum atomic E-state index is -0.470. The van der Waals surface area contributed by atoms with E-state index >= 15 is 0 Å². The molecule has 0 aliphatic heterocycles. The van der Waals surface area contributed by atoms with Crippen LogP contribution in [0.15, 0.2) is 21.3 Å². The number of hydrogen-bond acceptors (Lipinski definition) is 6. The van der Waals surface area contributed by atoms with Crippen LogP contribution in [0.1, 0.15) is 11.1 Å². The summed E-state index contributed by atoms with van der Waals surface area (Å²) in [6.07, 6.45) is 1.51. The zero-order chi connectivity index (χ0) is 17.7. The first-order valence-electron chi connectivity index (χ1n) is 7.92. The van der Waals surface area contributed by atoms with Crippen LogP contribution in [0.25, 0.3) is 21.7 Å². The Kier molecular flexibility index (Phi) is 3.49. The third kappa shape index (κ3) is 2.00. The molecule has 0 atom stereocenters. The predicted molar refractivity (Wildman–Crippen MR) is 93.6 cm³/mol. The molecule has 6 heteroatoms. The van der Waals surface area contributed by atoms with Gasteiger partial charge in [0, 0.05) is 22.4 Å². The van der Waals surface area contributed by atoms with Gasteiger partial charge in [-0.1, -0.05) is 0 Å². The van der Waals surface area contributed by atoms with E-state index in [0.29, 0.717) is 34.0 Å². The van der Waals surface area contributed by atoms with Gasteiger partial charge in [-0.25, -0.2) is 4.79 Å².